The molecule has 0 saturated heterocycles. The largest absolute Gasteiger partial charge is 0.355 e. The van der Waals surface area contributed by atoms with Crippen LogP contribution in [0.3, 0.4) is 0 Å². The highest BCUT2D eigenvalue weighted by Gasteiger charge is 2.01. The van der Waals surface area contributed by atoms with E-state index in [1.807, 2.05) is 7.05 Å². The normalized spacial score (nSPS) is 11.2. The van der Waals surface area contributed by atoms with Gasteiger partial charge >= 0.3 is 0 Å². The molecule has 0 unspecified atom stereocenters. The Hall–Kier alpha value is -0.820. The van der Waals surface area contributed by atoms with Crippen LogP contribution in [0, 0.1) is 6.92 Å². The molecule has 0 radical (unpaired) electrons. The van der Waals surface area contributed by atoms with Crippen LogP contribution in [0.15, 0.2) is 29.3 Å². The van der Waals surface area contributed by atoms with Crippen molar-refractivity contribution in [3.8, 4) is 0 Å². The number of hydrogen-bond donors (Lipinski definition) is 2. The summed E-state index contributed by atoms with van der Waals surface area (Å²) in [4.78, 5) is 6.62. The Morgan fingerprint density at radius 2 is 1.91 bits per heavy atom. The topological polar surface area (TPSA) is 39.7 Å². The van der Waals surface area contributed by atoms with Crippen molar-refractivity contribution in [1.82, 2.24) is 15.5 Å². The van der Waals surface area contributed by atoms with Gasteiger partial charge in [-0.05, 0) is 38.1 Å². The molecule has 0 bridgehead atoms. The van der Waals surface area contributed by atoms with Gasteiger partial charge in [0.05, 0.1) is 0 Å². The Labute approximate surface area is 152 Å². The molecule has 22 heavy (non-hydrogen) atoms. The molecule has 0 amide bonds. The second kappa shape index (κ2) is 12.7. The molecule has 0 spiro atoms. The zero-order valence-corrected chi connectivity index (χ0v) is 16.7. The van der Waals surface area contributed by atoms with Crippen LogP contribution in [-0.4, -0.2) is 44.6 Å². The third kappa shape index (κ3) is 8.58. The van der Waals surface area contributed by atoms with E-state index in [-0.39, 0.29) is 24.0 Å². The molecule has 0 fully saturated rings. The lowest BCUT2D eigenvalue weighted by Crippen LogP contribution is -2.40. The molecule has 0 aliphatic heterocycles. The number of guanidine groups is 1. The number of hydrogen-bond acceptors (Lipinski definition) is 2. The highest BCUT2D eigenvalue weighted by molar-refractivity contribution is 14.0. The second-order valence-electron chi connectivity index (χ2n) is 5.44. The number of unbranched alkanes of at least 4 members (excludes halogenated alkanes) is 1. The van der Waals surface area contributed by atoms with Crippen LogP contribution in [0.2, 0.25) is 0 Å². The lowest BCUT2D eigenvalue weighted by atomic mass is 10.1. The van der Waals surface area contributed by atoms with Crippen molar-refractivity contribution in [2.75, 3.05) is 33.7 Å². The van der Waals surface area contributed by atoms with Crippen LogP contribution in [-0.2, 0) is 6.54 Å². The van der Waals surface area contributed by atoms with Crippen LogP contribution < -0.4 is 10.6 Å². The Balaban J connectivity index is 0.00000441. The van der Waals surface area contributed by atoms with Crippen molar-refractivity contribution in [2.45, 2.75) is 33.2 Å². The first kappa shape index (κ1) is 21.2. The van der Waals surface area contributed by atoms with Gasteiger partial charge in [0, 0.05) is 26.7 Å². The molecule has 0 aliphatic rings. The SMILES string of the molecule is CCCCN(C)CCNC(=NC)NCc1ccccc1C.I. The van der Waals surface area contributed by atoms with E-state index in [0.717, 1.165) is 32.1 Å². The number of rotatable bonds is 8. The number of nitrogens with zero attached hydrogens (tertiary/aromatic N) is 2. The van der Waals surface area contributed by atoms with Gasteiger partial charge in [-0.25, -0.2) is 0 Å². The van der Waals surface area contributed by atoms with Gasteiger partial charge in [-0.3, -0.25) is 4.99 Å². The minimum Gasteiger partial charge on any atom is -0.355 e. The summed E-state index contributed by atoms with van der Waals surface area (Å²) in [6, 6.07) is 8.42. The minimum atomic E-state index is 0. The molecule has 0 aliphatic carbocycles. The van der Waals surface area contributed by atoms with Crippen LogP contribution in [0.25, 0.3) is 0 Å². The quantitative estimate of drug-likeness (QED) is 0.388. The summed E-state index contributed by atoms with van der Waals surface area (Å²) in [5.41, 5.74) is 2.61. The maximum atomic E-state index is 4.27. The first-order chi connectivity index (χ1) is 10.2. The molecule has 0 saturated carbocycles. The number of likely N-dealkylation sites (N-methyl/N-ethyl adjacent to an activating group) is 1. The van der Waals surface area contributed by atoms with E-state index in [2.05, 4.69) is 65.7 Å². The number of aliphatic imine (C=N–C) groups is 1. The van der Waals surface area contributed by atoms with E-state index in [4.69, 9.17) is 0 Å². The molecule has 126 valence electrons. The summed E-state index contributed by atoms with van der Waals surface area (Å²) in [6.45, 7) is 8.27. The van der Waals surface area contributed by atoms with Crippen molar-refractivity contribution < 1.29 is 0 Å². The molecule has 0 heterocycles. The minimum absolute atomic E-state index is 0. The third-order valence-corrected chi connectivity index (χ3v) is 3.61. The fourth-order valence-electron chi connectivity index (χ4n) is 2.11. The fraction of sp³-hybridized carbons (Fsp3) is 0.588. The van der Waals surface area contributed by atoms with Gasteiger partial charge in [0.1, 0.15) is 0 Å². The van der Waals surface area contributed by atoms with Crippen molar-refractivity contribution in [1.29, 1.82) is 0 Å². The van der Waals surface area contributed by atoms with Gasteiger partial charge in [0.2, 0.25) is 0 Å². The maximum Gasteiger partial charge on any atom is 0.191 e. The summed E-state index contributed by atoms with van der Waals surface area (Å²) < 4.78 is 0. The van der Waals surface area contributed by atoms with Crippen LogP contribution >= 0.6 is 24.0 Å². The molecule has 4 nitrogen and oxygen atoms in total. The Morgan fingerprint density at radius 3 is 2.55 bits per heavy atom. The van der Waals surface area contributed by atoms with Gasteiger partial charge in [-0.15, -0.1) is 24.0 Å². The zero-order chi connectivity index (χ0) is 15.5. The maximum absolute atomic E-state index is 4.27. The molecule has 2 N–H and O–H groups in total. The predicted octanol–water partition coefficient (Wildman–Crippen LogP) is 3.01. The Bertz CT molecular complexity index is 434. The number of nitrogens with one attached hydrogen (secondary N) is 2. The Kier molecular flexibility index (Phi) is 12.2. The van der Waals surface area contributed by atoms with Gasteiger partial charge in [-0.2, -0.15) is 0 Å². The average molecular weight is 418 g/mol. The van der Waals surface area contributed by atoms with E-state index >= 15 is 0 Å². The summed E-state index contributed by atoms with van der Waals surface area (Å²) >= 11 is 0. The van der Waals surface area contributed by atoms with E-state index in [0.29, 0.717) is 0 Å². The van der Waals surface area contributed by atoms with Crippen molar-refractivity contribution in [3.63, 3.8) is 0 Å². The molecular weight excluding hydrogens is 387 g/mol. The summed E-state index contributed by atoms with van der Waals surface area (Å²) in [6.07, 6.45) is 2.51. The number of benzene rings is 1. The highest BCUT2D eigenvalue weighted by atomic mass is 127. The molecule has 1 rings (SSSR count). The van der Waals surface area contributed by atoms with E-state index in [1.165, 1.54) is 24.0 Å². The van der Waals surface area contributed by atoms with Gasteiger partial charge in [0.25, 0.3) is 0 Å². The zero-order valence-electron chi connectivity index (χ0n) is 14.4. The summed E-state index contributed by atoms with van der Waals surface area (Å²) in [5.74, 6) is 0.863. The monoisotopic (exact) mass is 418 g/mol. The van der Waals surface area contributed by atoms with Crippen LogP contribution in [0.4, 0.5) is 0 Å². The third-order valence-electron chi connectivity index (χ3n) is 3.61. The lowest BCUT2D eigenvalue weighted by Gasteiger charge is -2.18. The van der Waals surface area contributed by atoms with E-state index in [1.54, 1.807) is 0 Å². The van der Waals surface area contributed by atoms with Crippen LogP contribution in [0.5, 0.6) is 0 Å². The first-order valence-electron chi connectivity index (χ1n) is 7.85. The van der Waals surface area contributed by atoms with Crippen molar-refractivity contribution in [2.24, 2.45) is 4.99 Å². The van der Waals surface area contributed by atoms with E-state index < -0.39 is 0 Å². The van der Waals surface area contributed by atoms with Crippen LogP contribution in [0.1, 0.15) is 30.9 Å². The Morgan fingerprint density at radius 1 is 1.18 bits per heavy atom. The molecule has 1 aromatic carbocycles. The average Bonchev–Trinajstić information content (AvgIpc) is 2.50. The van der Waals surface area contributed by atoms with Crippen molar-refractivity contribution in [3.05, 3.63) is 35.4 Å². The molecule has 5 heteroatoms. The lowest BCUT2D eigenvalue weighted by molar-refractivity contribution is 0.332. The summed E-state index contributed by atoms with van der Waals surface area (Å²) in [5, 5.41) is 6.73. The predicted molar refractivity (Wildman–Crippen MR) is 107 cm³/mol. The van der Waals surface area contributed by atoms with Gasteiger partial charge < -0.3 is 15.5 Å². The highest BCUT2D eigenvalue weighted by Crippen LogP contribution is 2.05. The second-order valence-corrected chi connectivity index (χ2v) is 5.44. The molecular formula is C17H31IN4. The molecule has 0 aromatic heterocycles. The van der Waals surface area contributed by atoms with E-state index in [9.17, 15) is 0 Å². The molecule has 0 atom stereocenters. The number of halogens is 1. The molecule has 1 aromatic rings. The van der Waals surface area contributed by atoms with Crippen molar-refractivity contribution >= 4 is 29.9 Å². The van der Waals surface area contributed by atoms with Gasteiger partial charge in [0.15, 0.2) is 5.96 Å². The standard InChI is InChI=1S/C17H30N4.HI/c1-5-6-12-21(4)13-11-19-17(18-3)20-14-16-10-8-7-9-15(16)2;/h7-10H,5-6,11-14H2,1-4H3,(H2,18,19,20);1H. The fourth-order valence-corrected chi connectivity index (χ4v) is 2.11. The number of aryl methyl sites for hydroxylation is 1. The van der Waals surface area contributed by atoms with Gasteiger partial charge in [-0.1, -0.05) is 37.6 Å². The first-order valence-corrected chi connectivity index (χ1v) is 7.85. The summed E-state index contributed by atoms with van der Waals surface area (Å²) in [7, 11) is 3.98. The smallest absolute Gasteiger partial charge is 0.191 e.